The summed E-state index contributed by atoms with van der Waals surface area (Å²) in [7, 11) is 0. The summed E-state index contributed by atoms with van der Waals surface area (Å²) in [6.07, 6.45) is 0. The minimum atomic E-state index is -0.236. The quantitative estimate of drug-likeness (QED) is 0.586. The number of benzene rings is 2. The lowest BCUT2D eigenvalue weighted by atomic mass is 10.3. The van der Waals surface area contributed by atoms with Crippen molar-refractivity contribution in [2.75, 3.05) is 18.5 Å². The summed E-state index contributed by atoms with van der Waals surface area (Å²) in [5.41, 5.74) is 1.63. The first-order valence-corrected chi connectivity index (χ1v) is 8.77. The van der Waals surface area contributed by atoms with Crippen LogP contribution in [0, 0.1) is 0 Å². The van der Waals surface area contributed by atoms with E-state index in [1.165, 1.54) is 0 Å². The summed E-state index contributed by atoms with van der Waals surface area (Å²) in [6.45, 7) is 6.08. The van der Waals surface area contributed by atoms with Gasteiger partial charge < -0.3 is 14.8 Å². The fourth-order valence-electron chi connectivity index (χ4n) is 1.77. The zero-order valence-electron chi connectivity index (χ0n) is 13.1. The first-order chi connectivity index (χ1) is 11.4. The van der Waals surface area contributed by atoms with Gasteiger partial charge in [-0.15, -0.1) is 0 Å². The topological polar surface area (TPSA) is 47.6 Å². The molecule has 0 saturated heterocycles. The zero-order chi connectivity index (χ0) is 17.5. The number of anilines is 1. The van der Waals surface area contributed by atoms with Gasteiger partial charge in [-0.3, -0.25) is 4.79 Å². The van der Waals surface area contributed by atoms with Crippen LogP contribution in [0.5, 0.6) is 11.5 Å². The molecule has 0 heterocycles. The number of carbonyl (C=O) groups is 1. The van der Waals surface area contributed by atoms with Crippen LogP contribution < -0.4 is 14.8 Å². The lowest BCUT2D eigenvalue weighted by Gasteiger charge is -2.10. The van der Waals surface area contributed by atoms with Crippen LogP contribution in [-0.2, 0) is 4.79 Å². The fourth-order valence-corrected chi connectivity index (χ4v) is 2.94. The Morgan fingerprint density at radius 2 is 1.79 bits per heavy atom. The number of ether oxygens (including phenoxy) is 2. The molecule has 0 unspecified atom stereocenters. The molecule has 6 heteroatoms. The van der Waals surface area contributed by atoms with Crippen LogP contribution in [-0.4, -0.2) is 19.1 Å². The van der Waals surface area contributed by atoms with E-state index in [1.807, 2.05) is 19.1 Å². The second-order valence-electron chi connectivity index (χ2n) is 5.18. The zero-order valence-corrected chi connectivity index (χ0v) is 16.3. The molecule has 0 saturated carbocycles. The van der Waals surface area contributed by atoms with E-state index in [1.54, 1.807) is 30.3 Å². The minimum Gasteiger partial charge on any atom is -0.489 e. The second kappa shape index (κ2) is 8.89. The highest BCUT2D eigenvalue weighted by Gasteiger charge is 2.07. The lowest BCUT2D eigenvalue weighted by molar-refractivity contribution is -0.118. The molecule has 0 radical (unpaired) electrons. The summed E-state index contributed by atoms with van der Waals surface area (Å²) < 4.78 is 12.7. The van der Waals surface area contributed by atoms with Gasteiger partial charge in [0.15, 0.2) is 6.61 Å². The van der Waals surface area contributed by atoms with E-state index in [9.17, 15) is 4.79 Å². The average Bonchev–Trinajstić information content (AvgIpc) is 2.53. The standard InChI is InChI=1S/C18H17Br2NO3/c1-12(2)10-23-15-6-4-14(5-7-15)21-18(22)11-24-17-8-3-13(19)9-16(17)20/h3-9H,1,10-11H2,2H3,(H,21,22). The summed E-state index contributed by atoms with van der Waals surface area (Å²) in [5.74, 6) is 1.10. The molecule has 126 valence electrons. The lowest BCUT2D eigenvalue weighted by Crippen LogP contribution is -2.20. The number of nitrogens with one attached hydrogen (secondary N) is 1. The smallest absolute Gasteiger partial charge is 0.262 e. The van der Waals surface area contributed by atoms with Crippen LogP contribution in [0.2, 0.25) is 0 Å². The summed E-state index contributed by atoms with van der Waals surface area (Å²) in [5, 5.41) is 2.77. The largest absolute Gasteiger partial charge is 0.489 e. The molecule has 4 nitrogen and oxygen atoms in total. The highest BCUT2D eigenvalue weighted by molar-refractivity contribution is 9.11. The predicted octanol–water partition coefficient (Wildman–Crippen LogP) is 5.18. The Balaban J connectivity index is 1.84. The van der Waals surface area contributed by atoms with Crippen molar-refractivity contribution < 1.29 is 14.3 Å². The van der Waals surface area contributed by atoms with E-state index in [2.05, 4.69) is 43.8 Å². The van der Waals surface area contributed by atoms with Gasteiger partial charge in [0.2, 0.25) is 0 Å². The first-order valence-electron chi connectivity index (χ1n) is 7.19. The Morgan fingerprint density at radius 1 is 1.08 bits per heavy atom. The van der Waals surface area contributed by atoms with Crippen molar-refractivity contribution in [2.45, 2.75) is 6.92 Å². The molecule has 2 rings (SSSR count). The molecule has 1 N–H and O–H groups in total. The van der Waals surface area contributed by atoms with Crippen molar-refractivity contribution in [1.82, 2.24) is 0 Å². The highest BCUT2D eigenvalue weighted by Crippen LogP contribution is 2.28. The number of hydrogen-bond donors (Lipinski definition) is 1. The molecule has 0 aliphatic heterocycles. The molecular formula is C18H17Br2NO3. The van der Waals surface area contributed by atoms with Crippen molar-refractivity contribution in [3.8, 4) is 11.5 Å². The van der Waals surface area contributed by atoms with Crippen molar-refractivity contribution in [2.24, 2.45) is 0 Å². The monoisotopic (exact) mass is 453 g/mol. The van der Waals surface area contributed by atoms with Crippen LogP contribution >= 0.6 is 31.9 Å². The molecule has 0 aromatic heterocycles. The van der Waals surface area contributed by atoms with Crippen molar-refractivity contribution in [1.29, 1.82) is 0 Å². The molecule has 0 aliphatic rings. The third-order valence-electron chi connectivity index (χ3n) is 2.88. The average molecular weight is 455 g/mol. The van der Waals surface area contributed by atoms with E-state index in [-0.39, 0.29) is 12.5 Å². The number of halogens is 2. The summed E-state index contributed by atoms with van der Waals surface area (Å²) >= 11 is 6.76. The molecule has 2 aromatic carbocycles. The van der Waals surface area contributed by atoms with Crippen LogP contribution in [0.1, 0.15) is 6.92 Å². The molecule has 0 fully saturated rings. The van der Waals surface area contributed by atoms with Gasteiger partial charge in [-0.25, -0.2) is 0 Å². The summed E-state index contributed by atoms with van der Waals surface area (Å²) in [6, 6.07) is 12.6. The molecule has 0 bridgehead atoms. The molecule has 0 spiro atoms. The van der Waals surface area contributed by atoms with Crippen molar-refractivity contribution in [3.63, 3.8) is 0 Å². The Labute approximate surface area is 158 Å². The minimum absolute atomic E-state index is 0.0753. The Hall–Kier alpha value is -1.79. The van der Waals surface area contributed by atoms with Crippen molar-refractivity contribution >= 4 is 43.5 Å². The van der Waals surface area contributed by atoms with E-state index < -0.39 is 0 Å². The number of hydrogen-bond acceptors (Lipinski definition) is 3. The van der Waals surface area contributed by atoms with Gasteiger partial charge in [-0.1, -0.05) is 22.5 Å². The van der Waals surface area contributed by atoms with E-state index in [0.717, 1.165) is 20.3 Å². The molecule has 0 atom stereocenters. The Bertz CT molecular complexity index is 730. The maximum absolute atomic E-state index is 12.0. The van der Waals surface area contributed by atoms with E-state index >= 15 is 0 Å². The highest BCUT2D eigenvalue weighted by atomic mass is 79.9. The number of amides is 1. The third-order valence-corrected chi connectivity index (χ3v) is 3.99. The molecule has 24 heavy (non-hydrogen) atoms. The van der Waals surface area contributed by atoms with Crippen LogP contribution in [0.15, 0.2) is 63.6 Å². The van der Waals surface area contributed by atoms with Crippen LogP contribution in [0.25, 0.3) is 0 Å². The molecule has 2 aromatic rings. The SMILES string of the molecule is C=C(C)COc1ccc(NC(=O)COc2ccc(Br)cc2Br)cc1. The Morgan fingerprint density at radius 3 is 2.42 bits per heavy atom. The van der Waals surface area contributed by atoms with E-state index in [0.29, 0.717) is 18.0 Å². The normalized spacial score (nSPS) is 10.1. The van der Waals surface area contributed by atoms with Gasteiger partial charge in [0.1, 0.15) is 18.1 Å². The van der Waals surface area contributed by atoms with Gasteiger partial charge in [0.05, 0.1) is 4.47 Å². The summed E-state index contributed by atoms with van der Waals surface area (Å²) in [4.78, 5) is 12.0. The number of carbonyl (C=O) groups excluding carboxylic acids is 1. The van der Waals surface area contributed by atoms with Crippen LogP contribution in [0.3, 0.4) is 0 Å². The predicted molar refractivity (Wildman–Crippen MR) is 103 cm³/mol. The molecule has 0 aliphatic carbocycles. The van der Waals surface area contributed by atoms with Gasteiger partial charge in [-0.2, -0.15) is 0 Å². The first kappa shape index (κ1) is 18.5. The number of rotatable bonds is 7. The van der Waals surface area contributed by atoms with Gasteiger partial charge in [0.25, 0.3) is 5.91 Å². The van der Waals surface area contributed by atoms with Crippen LogP contribution in [0.4, 0.5) is 5.69 Å². The van der Waals surface area contributed by atoms with Gasteiger partial charge in [-0.05, 0) is 70.9 Å². The molecular weight excluding hydrogens is 438 g/mol. The Kier molecular flexibility index (Phi) is 6.87. The van der Waals surface area contributed by atoms with Gasteiger partial charge in [0, 0.05) is 10.2 Å². The third kappa shape index (κ3) is 6.02. The molecule has 1 amide bonds. The maximum Gasteiger partial charge on any atom is 0.262 e. The van der Waals surface area contributed by atoms with E-state index in [4.69, 9.17) is 9.47 Å². The fraction of sp³-hybridized carbons (Fsp3) is 0.167. The maximum atomic E-state index is 12.0. The second-order valence-corrected chi connectivity index (χ2v) is 6.95. The van der Waals surface area contributed by atoms with Gasteiger partial charge >= 0.3 is 0 Å². The van der Waals surface area contributed by atoms with Crippen molar-refractivity contribution in [3.05, 3.63) is 63.6 Å².